The van der Waals surface area contributed by atoms with Crippen molar-refractivity contribution in [2.75, 3.05) is 32.7 Å². The molecule has 1 fully saturated rings. The number of piperazine rings is 1. The Balaban J connectivity index is 1.25. The molecule has 3 nitrogen and oxygen atoms in total. The topological polar surface area (TPSA) is 26.7 Å². The first-order valence-corrected chi connectivity index (χ1v) is 9.93. The molecule has 0 aliphatic carbocycles. The summed E-state index contributed by atoms with van der Waals surface area (Å²) >= 11 is 0. The Kier molecular flexibility index (Phi) is 5.83. The fourth-order valence-corrected chi connectivity index (χ4v) is 3.90. The summed E-state index contributed by atoms with van der Waals surface area (Å²) in [5.41, 5.74) is 2.41. The Bertz CT molecular complexity index is 856. The first-order valence-electron chi connectivity index (χ1n) is 9.93. The fourth-order valence-electron chi connectivity index (χ4n) is 3.90. The Hall–Kier alpha value is -2.20. The summed E-state index contributed by atoms with van der Waals surface area (Å²) in [6.07, 6.45) is 0.397. The highest BCUT2D eigenvalue weighted by Crippen LogP contribution is 2.23. The van der Waals surface area contributed by atoms with Crippen LogP contribution in [0.15, 0.2) is 72.8 Å². The van der Waals surface area contributed by atoms with Crippen molar-refractivity contribution >= 4 is 10.8 Å². The van der Waals surface area contributed by atoms with Gasteiger partial charge in [-0.1, -0.05) is 66.7 Å². The molecule has 27 heavy (non-hydrogen) atoms. The van der Waals surface area contributed by atoms with Crippen LogP contribution in [0.1, 0.15) is 23.7 Å². The first-order chi connectivity index (χ1) is 13.3. The smallest absolute Gasteiger partial charge is 0.0802 e. The van der Waals surface area contributed by atoms with Crippen LogP contribution in [0.25, 0.3) is 10.8 Å². The Morgan fingerprint density at radius 2 is 1.41 bits per heavy atom. The molecule has 1 saturated heterocycles. The molecular weight excluding hydrogens is 332 g/mol. The standard InChI is InChI=1S/C24H28N2O/c27-24(23-11-10-21-8-4-5-9-22(21)18-23)12-13-25-14-16-26(17-15-25)19-20-6-2-1-3-7-20/h1-11,18,24,27H,12-17,19H2. The largest absolute Gasteiger partial charge is 0.388 e. The summed E-state index contributed by atoms with van der Waals surface area (Å²) in [6, 6.07) is 25.3. The van der Waals surface area contributed by atoms with Crippen molar-refractivity contribution in [1.82, 2.24) is 9.80 Å². The van der Waals surface area contributed by atoms with Gasteiger partial charge in [0, 0.05) is 39.3 Å². The predicted octanol–water partition coefficient (Wildman–Crippen LogP) is 4.08. The van der Waals surface area contributed by atoms with Gasteiger partial charge in [0.25, 0.3) is 0 Å². The number of nitrogens with zero attached hydrogens (tertiary/aromatic N) is 2. The Morgan fingerprint density at radius 3 is 2.19 bits per heavy atom. The molecule has 3 aromatic rings. The fraction of sp³-hybridized carbons (Fsp3) is 0.333. The third kappa shape index (κ3) is 4.75. The zero-order valence-corrected chi connectivity index (χ0v) is 15.8. The van der Waals surface area contributed by atoms with Crippen LogP contribution in [0.2, 0.25) is 0 Å². The van der Waals surface area contributed by atoms with Crippen LogP contribution in [0, 0.1) is 0 Å². The number of rotatable bonds is 6. The number of fused-ring (bicyclic) bond motifs is 1. The van der Waals surface area contributed by atoms with Gasteiger partial charge in [-0.3, -0.25) is 4.90 Å². The van der Waals surface area contributed by atoms with Gasteiger partial charge in [-0.25, -0.2) is 0 Å². The number of hydrogen-bond donors (Lipinski definition) is 1. The van der Waals surface area contributed by atoms with Crippen molar-refractivity contribution in [3.05, 3.63) is 83.9 Å². The molecular formula is C24H28N2O. The second-order valence-electron chi connectivity index (χ2n) is 7.51. The van der Waals surface area contributed by atoms with Gasteiger partial charge in [-0.15, -0.1) is 0 Å². The third-order valence-corrected chi connectivity index (χ3v) is 5.59. The van der Waals surface area contributed by atoms with Gasteiger partial charge < -0.3 is 10.0 Å². The van der Waals surface area contributed by atoms with Crippen LogP contribution in [0.5, 0.6) is 0 Å². The molecule has 1 aliphatic rings. The Labute approximate surface area is 161 Å². The molecule has 0 saturated carbocycles. The number of aliphatic hydroxyl groups is 1. The van der Waals surface area contributed by atoms with E-state index in [1.807, 2.05) is 6.07 Å². The zero-order chi connectivity index (χ0) is 18.5. The van der Waals surface area contributed by atoms with Gasteiger partial charge in [-0.05, 0) is 34.4 Å². The molecule has 4 rings (SSSR count). The molecule has 0 amide bonds. The van der Waals surface area contributed by atoms with E-state index in [2.05, 4.69) is 76.5 Å². The first kappa shape index (κ1) is 18.2. The molecule has 1 aliphatic heterocycles. The molecule has 140 valence electrons. The molecule has 0 bridgehead atoms. The average Bonchev–Trinajstić information content (AvgIpc) is 2.73. The van der Waals surface area contributed by atoms with Crippen molar-refractivity contribution in [2.45, 2.75) is 19.1 Å². The van der Waals surface area contributed by atoms with E-state index in [1.54, 1.807) is 0 Å². The molecule has 1 atom stereocenters. The van der Waals surface area contributed by atoms with Crippen LogP contribution >= 0.6 is 0 Å². The molecule has 3 heteroatoms. The normalized spacial score (nSPS) is 17.2. The van der Waals surface area contributed by atoms with Crippen molar-refractivity contribution in [1.29, 1.82) is 0 Å². The molecule has 1 N–H and O–H groups in total. The summed E-state index contributed by atoms with van der Waals surface area (Å²) in [4.78, 5) is 5.00. The highest BCUT2D eigenvalue weighted by atomic mass is 16.3. The minimum Gasteiger partial charge on any atom is -0.388 e. The minimum atomic E-state index is -0.392. The predicted molar refractivity (Wildman–Crippen MR) is 112 cm³/mol. The van der Waals surface area contributed by atoms with E-state index in [0.29, 0.717) is 0 Å². The number of benzene rings is 3. The third-order valence-electron chi connectivity index (χ3n) is 5.59. The van der Waals surface area contributed by atoms with Gasteiger partial charge in [-0.2, -0.15) is 0 Å². The highest BCUT2D eigenvalue weighted by molar-refractivity contribution is 5.83. The number of hydrogen-bond acceptors (Lipinski definition) is 3. The van der Waals surface area contributed by atoms with E-state index in [0.717, 1.165) is 51.3 Å². The van der Waals surface area contributed by atoms with Crippen LogP contribution in [0.4, 0.5) is 0 Å². The second kappa shape index (κ2) is 8.66. The second-order valence-corrected chi connectivity index (χ2v) is 7.51. The lowest BCUT2D eigenvalue weighted by Crippen LogP contribution is -2.46. The molecule has 3 aromatic carbocycles. The van der Waals surface area contributed by atoms with Gasteiger partial charge in [0.15, 0.2) is 0 Å². The highest BCUT2D eigenvalue weighted by Gasteiger charge is 2.18. The van der Waals surface area contributed by atoms with Crippen molar-refractivity contribution in [3.63, 3.8) is 0 Å². The lowest BCUT2D eigenvalue weighted by Gasteiger charge is -2.35. The summed E-state index contributed by atoms with van der Waals surface area (Å²) in [5, 5.41) is 13.0. The lowest BCUT2D eigenvalue weighted by molar-refractivity contribution is 0.0994. The van der Waals surface area contributed by atoms with E-state index in [1.165, 1.54) is 16.3 Å². The Morgan fingerprint density at radius 1 is 0.741 bits per heavy atom. The van der Waals surface area contributed by atoms with E-state index < -0.39 is 6.10 Å². The van der Waals surface area contributed by atoms with Gasteiger partial charge in [0.2, 0.25) is 0 Å². The van der Waals surface area contributed by atoms with Crippen molar-refractivity contribution in [3.8, 4) is 0 Å². The lowest BCUT2D eigenvalue weighted by atomic mass is 10.0. The zero-order valence-electron chi connectivity index (χ0n) is 15.8. The molecule has 0 radical (unpaired) electrons. The molecule has 0 spiro atoms. The van der Waals surface area contributed by atoms with Crippen LogP contribution in [-0.2, 0) is 6.54 Å². The molecule has 1 heterocycles. The van der Waals surface area contributed by atoms with Crippen molar-refractivity contribution in [2.24, 2.45) is 0 Å². The summed E-state index contributed by atoms with van der Waals surface area (Å²) in [5.74, 6) is 0. The maximum absolute atomic E-state index is 10.6. The van der Waals surface area contributed by atoms with Gasteiger partial charge in [0.05, 0.1) is 6.10 Å². The van der Waals surface area contributed by atoms with E-state index >= 15 is 0 Å². The van der Waals surface area contributed by atoms with E-state index in [4.69, 9.17) is 0 Å². The van der Waals surface area contributed by atoms with Crippen LogP contribution in [-0.4, -0.2) is 47.6 Å². The van der Waals surface area contributed by atoms with E-state index in [-0.39, 0.29) is 0 Å². The van der Waals surface area contributed by atoms with Gasteiger partial charge >= 0.3 is 0 Å². The van der Waals surface area contributed by atoms with Crippen LogP contribution < -0.4 is 0 Å². The van der Waals surface area contributed by atoms with Crippen molar-refractivity contribution < 1.29 is 5.11 Å². The quantitative estimate of drug-likeness (QED) is 0.717. The summed E-state index contributed by atoms with van der Waals surface area (Å²) in [6.45, 7) is 6.35. The maximum Gasteiger partial charge on any atom is 0.0802 e. The van der Waals surface area contributed by atoms with Gasteiger partial charge in [0.1, 0.15) is 0 Å². The van der Waals surface area contributed by atoms with E-state index in [9.17, 15) is 5.11 Å². The molecule has 0 aromatic heterocycles. The summed E-state index contributed by atoms with van der Waals surface area (Å²) in [7, 11) is 0. The maximum atomic E-state index is 10.6. The molecule has 1 unspecified atom stereocenters. The SMILES string of the molecule is OC(CCN1CCN(Cc2ccccc2)CC1)c1ccc2ccccc2c1. The average molecular weight is 361 g/mol. The monoisotopic (exact) mass is 360 g/mol. The minimum absolute atomic E-state index is 0.392. The number of aliphatic hydroxyl groups excluding tert-OH is 1. The van der Waals surface area contributed by atoms with Crippen LogP contribution in [0.3, 0.4) is 0 Å². The summed E-state index contributed by atoms with van der Waals surface area (Å²) < 4.78 is 0.